The van der Waals surface area contributed by atoms with Gasteiger partial charge in [0.15, 0.2) is 11.6 Å². The Morgan fingerprint density at radius 3 is 2.83 bits per heavy atom. The molecule has 1 unspecified atom stereocenters. The monoisotopic (exact) mass is 510 g/mol. The second kappa shape index (κ2) is 11.1. The van der Waals surface area contributed by atoms with E-state index in [0.29, 0.717) is 12.1 Å². The highest BCUT2D eigenvalue weighted by Gasteiger charge is 2.10. The topological polar surface area (TPSA) is 66.6 Å². The molecule has 0 aliphatic rings. The van der Waals surface area contributed by atoms with E-state index in [9.17, 15) is 4.39 Å². The summed E-state index contributed by atoms with van der Waals surface area (Å²) in [6.07, 6.45) is 3.63. The summed E-state index contributed by atoms with van der Waals surface area (Å²) in [4.78, 5) is 4.64. The van der Waals surface area contributed by atoms with Gasteiger partial charge in [0.2, 0.25) is 0 Å². The number of aryl methyl sites for hydroxylation is 2. The van der Waals surface area contributed by atoms with Gasteiger partial charge in [-0.1, -0.05) is 18.2 Å². The third kappa shape index (κ3) is 6.12. The van der Waals surface area contributed by atoms with Gasteiger partial charge in [-0.05, 0) is 56.5 Å². The number of aromatic nitrogens is 3. The van der Waals surface area contributed by atoms with Crippen LogP contribution in [0.25, 0.3) is 5.65 Å². The van der Waals surface area contributed by atoms with Gasteiger partial charge in [0.1, 0.15) is 11.6 Å². The van der Waals surface area contributed by atoms with Crippen LogP contribution < -0.4 is 10.6 Å². The first-order chi connectivity index (χ1) is 13.6. The van der Waals surface area contributed by atoms with E-state index in [0.717, 1.165) is 42.4 Å². The molecule has 2 heterocycles. The lowest BCUT2D eigenvalue weighted by atomic mass is 10.1. The van der Waals surface area contributed by atoms with Crippen LogP contribution in [0.5, 0.6) is 0 Å². The van der Waals surface area contributed by atoms with Crippen LogP contribution in [0.2, 0.25) is 0 Å². The number of hydrogen-bond acceptors (Lipinski definition) is 3. The predicted octanol–water partition coefficient (Wildman–Crippen LogP) is 4.04. The van der Waals surface area contributed by atoms with Crippen molar-refractivity contribution in [2.24, 2.45) is 4.99 Å². The molecule has 0 aliphatic heterocycles. The second-order valence-corrected chi connectivity index (χ2v) is 6.78. The average molecular weight is 510 g/mol. The van der Waals surface area contributed by atoms with Crippen LogP contribution in [0, 0.1) is 12.7 Å². The number of nitrogens with zero attached hydrogens (tertiary/aromatic N) is 4. The van der Waals surface area contributed by atoms with Crippen molar-refractivity contribution < 1.29 is 4.39 Å². The van der Waals surface area contributed by atoms with Crippen LogP contribution in [-0.4, -0.2) is 33.6 Å². The van der Waals surface area contributed by atoms with Gasteiger partial charge in [-0.15, -0.1) is 34.2 Å². The van der Waals surface area contributed by atoms with Crippen molar-refractivity contribution in [3.05, 3.63) is 65.4 Å². The molecule has 0 saturated carbocycles. The zero-order valence-corrected chi connectivity index (χ0v) is 19.4. The first-order valence-electron chi connectivity index (χ1n) is 9.68. The summed E-state index contributed by atoms with van der Waals surface area (Å²) in [7, 11) is 0. The molecular weight excluding hydrogens is 482 g/mol. The first kappa shape index (κ1) is 23.1. The lowest BCUT2D eigenvalue weighted by Crippen LogP contribution is -2.38. The van der Waals surface area contributed by atoms with E-state index in [1.807, 2.05) is 48.7 Å². The predicted molar refractivity (Wildman–Crippen MR) is 125 cm³/mol. The number of benzene rings is 1. The first-order valence-corrected chi connectivity index (χ1v) is 9.68. The Morgan fingerprint density at radius 2 is 2.07 bits per heavy atom. The molecule has 0 saturated heterocycles. The maximum Gasteiger partial charge on any atom is 0.191 e. The minimum Gasteiger partial charge on any atom is -0.357 e. The molecule has 8 heteroatoms. The molecule has 0 aliphatic carbocycles. The molecule has 2 aromatic heterocycles. The van der Waals surface area contributed by atoms with E-state index in [-0.39, 0.29) is 35.8 Å². The molecule has 2 N–H and O–H groups in total. The lowest BCUT2D eigenvalue weighted by Gasteiger charge is -2.18. The molecule has 0 spiro atoms. The Balaban J connectivity index is 0.00000300. The fourth-order valence-electron chi connectivity index (χ4n) is 2.98. The number of hydrogen-bond donors (Lipinski definition) is 2. The van der Waals surface area contributed by atoms with Crippen LogP contribution in [0.1, 0.15) is 43.3 Å². The number of halogens is 2. The van der Waals surface area contributed by atoms with Gasteiger partial charge < -0.3 is 10.6 Å². The van der Waals surface area contributed by atoms with E-state index >= 15 is 0 Å². The summed E-state index contributed by atoms with van der Waals surface area (Å²) in [5.74, 6) is 1.47. The number of fused-ring (bicyclic) bond motifs is 1. The second-order valence-electron chi connectivity index (χ2n) is 6.78. The number of pyridine rings is 1. The molecule has 6 nitrogen and oxygen atoms in total. The fourth-order valence-corrected chi connectivity index (χ4v) is 2.98. The Kier molecular flexibility index (Phi) is 8.81. The van der Waals surface area contributed by atoms with E-state index in [1.54, 1.807) is 19.1 Å². The van der Waals surface area contributed by atoms with Crippen LogP contribution in [0.15, 0.2) is 47.6 Å². The quantitative estimate of drug-likeness (QED) is 0.218. The van der Waals surface area contributed by atoms with Gasteiger partial charge in [0, 0.05) is 25.7 Å². The lowest BCUT2D eigenvalue weighted by molar-refractivity contribution is 0.607. The summed E-state index contributed by atoms with van der Waals surface area (Å²) in [5, 5.41) is 15.0. The summed E-state index contributed by atoms with van der Waals surface area (Å²) in [6, 6.07) is 11.1. The van der Waals surface area contributed by atoms with E-state index in [2.05, 4.69) is 25.8 Å². The number of guanidine groups is 1. The Bertz CT molecular complexity index is 955. The summed E-state index contributed by atoms with van der Waals surface area (Å²) in [6.45, 7) is 7.21. The molecule has 3 aromatic rings. The number of aliphatic imine (C=N–C) groups is 1. The molecule has 0 amide bonds. The van der Waals surface area contributed by atoms with E-state index in [1.165, 1.54) is 0 Å². The molecule has 1 atom stereocenters. The highest BCUT2D eigenvalue weighted by molar-refractivity contribution is 14.0. The maximum absolute atomic E-state index is 13.8. The molecule has 0 radical (unpaired) electrons. The van der Waals surface area contributed by atoms with Gasteiger partial charge in [0.05, 0.1) is 6.04 Å². The standard InChI is InChI=1S/C21H27FN6.HI/c1-4-23-21(25-16(3)17-11-10-15(2)18(22)14-17)24-12-7-9-20-27-26-19-8-5-6-13-28(19)20;/h5-6,8,10-11,13-14,16H,4,7,9,12H2,1-3H3,(H2,23,24,25);1H. The van der Waals surface area contributed by atoms with Gasteiger partial charge in [-0.2, -0.15) is 0 Å². The largest absolute Gasteiger partial charge is 0.357 e. The van der Waals surface area contributed by atoms with Gasteiger partial charge >= 0.3 is 0 Å². The van der Waals surface area contributed by atoms with Crippen molar-refractivity contribution in [1.82, 2.24) is 25.2 Å². The Morgan fingerprint density at radius 1 is 1.24 bits per heavy atom. The molecule has 156 valence electrons. The third-order valence-corrected chi connectivity index (χ3v) is 4.61. The Hall–Kier alpha value is -2.23. The van der Waals surface area contributed by atoms with Gasteiger partial charge in [0.25, 0.3) is 0 Å². The average Bonchev–Trinajstić information content (AvgIpc) is 3.10. The smallest absolute Gasteiger partial charge is 0.191 e. The highest BCUT2D eigenvalue weighted by Crippen LogP contribution is 2.16. The SMILES string of the molecule is CCNC(=NCCCc1nnc2ccccn12)NC(C)c1ccc(C)c(F)c1.I. The van der Waals surface area contributed by atoms with Crippen molar-refractivity contribution in [2.45, 2.75) is 39.7 Å². The summed E-state index contributed by atoms with van der Waals surface area (Å²) in [5.41, 5.74) is 2.40. The summed E-state index contributed by atoms with van der Waals surface area (Å²) >= 11 is 0. The molecular formula is C21H28FIN6. The molecule has 1 aromatic carbocycles. The normalized spacial score (nSPS) is 12.5. The van der Waals surface area contributed by atoms with Crippen molar-refractivity contribution in [3.63, 3.8) is 0 Å². The molecule has 0 fully saturated rings. The van der Waals surface area contributed by atoms with Crippen LogP contribution >= 0.6 is 24.0 Å². The summed E-state index contributed by atoms with van der Waals surface area (Å²) < 4.78 is 15.8. The van der Waals surface area contributed by atoms with Crippen molar-refractivity contribution in [1.29, 1.82) is 0 Å². The minimum absolute atomic E-state index is 0. The Labute approximate surface area is 188 Å². The van der Waals surface area contributed by atoms with Crippen LogP contribution in [-0.2, 0) is 6.42 Å². The van der Waals surface area contributed by atoms with Gasteiger partial charge in [-0.3, -0.25) is 9.39 Å². The maximum atomic E-state index is 13.8. The molecule has 3 rings (SSSR count). The van der Waals surface area contributed by atoms with Gasteiger partial charge in [-0.25, -0.2) is 4.39 Å². The molecule has 29 heavy (non-hydrogen) atoms. The third-order valence-electron chi connectivity index (χ3n) is 4.61. The zero-order chi connectivity index (χ0) is 19.9. The minimum atomic E-state index is -0.186. The molecule has 0 bridgehead atoms. The number of rotatable bonds is 7. The van der Waals surface area contributed by atoms with Crippen LogP contribution in [0.3, 0.4) is 0 Å². The zero-order valence-electron chi connectivity index (χ0n) is 17.0. The van der Waals surface area contributed by atoms with Crippen LogP contribution in [0.4, 0.5) is 4.39 Å². The van der Waals surface area contributed by atoms with Crippen molar-refractivity contribution in [2.75, 3.05) is 13.1 Å². The van der Waals surface area contributed by atoms with Crippen molar-refractivity contribution >= 4 is 35.6 Å². The van der Waals surface area contributed by atoms with Crippen molar-refractivity contribution in [3.8, 4) is 0 Å². The highest BCUT2D eigenvalue weighted by atomic mass is 127. The van der Waals surface area contributed by atoms with E-state index in [4.69, 9.17) is 0 Å². The fraction of sp³-hybridized carbons (Fsp3) is 0.381. The van der Waals surface area contributed by atoms with E-state index < -0.39 is 0 Å². The number of nitrogens with one attached hydrogen (secondary N) is 2.